The van der Waals surface area contributed by atoms with Crippen molar-refractivity contribution < 1.29 is 0 Å². The normalized spacial score (nSPS) is 25.5. The number of nitrogens with one attached hydrogen (secondary N) is 1. The number of nitrogens with two attached hydrogens (primary N) is 1. The zero-order valence-corrected chi connectivity index (χ0v) is 10.1. The Bertz CT molecular complexity index is 314. The smallest absolute Gasteiger partial charge is 0.222 e. The molecule has 82 valence electrons. The SMILES string of the molecule is NC1CCCC1CNc1ncc(Br)cn1. The van der Waals surface area contributed by atoms with Gasteiger partial charge in [0.05, 0.1) is 4.47 Å². The van der Waals surface area contributed by atoms with Crippen LogP contribution < -0.4 is 11.1 Å². The van der Waals surface area contributed by atoms with Crippen LogP contribution in [0.5, 0.6) is 0 Å². The number of halogens is 1. The first kappa shape index (κ1) is 10.8. The minimum Gasteiger partial charge on any atom is -0.354 e. The molecular weight excluding hydrogens is 256 g/mol. The molecule has 1 aromatic heterocycles. The molecule has 5 heteroatoms. The molecule has 0 radical (unpaired) electrons. The lowest BCUT2D eigenvalue weighted by atomic mass is 10.1. The Kier molecular flexibility index (Phi) is 3.53. The van der Waals surface area contributed by atoms with Gasteiger partial charge >= 0.3 is 0 Å². The Labute approximate surface area is 97.8 Å². The molecule has 3 N–H and O–H groups in total. The largest absolute Gasteiger partial charge is 0.354 e. The molecule has 15 heavy (non-hydrogen) atoms. The predicted octanol–water partition coefficient (Wildman–Crippen LogP) is 1.78. The van der Waals surface area contributed by atoms with E-state index in [1.54, 1.807) is 12.4 Å². The molecule has 4 nitrogen and oxygen atoms in total. The molecule has 1 aliphatic rings. The standard InChI is InChI=1S/C10H15BrN4/c11-8-5-14-10(15-6-8)13-4-7-2-1-3-9(7)12/h5-7,9H,1-4,12H2,(H,13,14,15). The molecule has 0 aliphatic heterocycles. The van der Waals surface area contributed by atoms with E-state index >= 15 is 0 Å². The number of aromatic nitrogens is 2. The molecule has 2 atom stereocenters. The molecule has 1 aliphatic carbocycles. The van der Waals surface area contributed by atoms with Crippen molar-refractivity contribution in [3.8, 4) is 0 Å². The highest BCUT2D eigenvalue weighted by Gasteiger charge is 2.23. The molecule has 0 amide bonds. The molecule has 2 unspecified atom stereocenters. The maximum absolute atomic E-state index is 5.98. The van der Waals surface area contributed by atoms with E-state index in [4.69, 9.17) is 5.73 Å². The summed E-state index contributed by atoms with van der Waals surface area (Å²) in [6, 6.07) is 0.341. The van der Waals surface area contributed by atoms with Crippen LogP contribution >= 0.6 is 15.9 Å². The average molecular weight is 271 g/mol. The third kappa shape index (κ3) is 2.89. The molecule has 0 aromatic carbocycles. The molecule has 1 saturated carbocycles. The maximum atomic E-state index is 5.98. The Balaban J connectivity index is 1.85. The van der Waals surface area contributed by atoms with Gasteiger partial charge in [0.15, 0.2) is 0 Å². The van der Waals surface area contributed by atoms with Crippen LogP contribution in [-0.2, 0) is 0 Å². The van der Waals surface area contributed by atoms with E-state index in [0.717, 1.165) is 17.4 Å². The van der Waals surface area contributed by atoms with E-state index in [2.05, 4.69) is 31.2 Å². The highest BCUT2D eigenvalue weighted by Crippen LogP contribution is 2.23. The van der Waals surface area contributed by atoms with Crippen LogP contribution in [0, 0.1) is 5.92 Å². The molecule has 0 spiro atoms. The van der Waals surface area contributed by atoms with Gasteiger partial charge in [0.2, 0.25) is 5.95 Å². The Hall–Kier alpha value is -0.680. The molecule has 0 bridgehead atoms. The summed E-state index contributed by atoms with van der Waals surface area (Å²) in [6.07, 6.45) is 7.08. The summed E-state index contributed by atoms with van der Waals surface area (Å²) in [4.78, 5) is 8.31. The number of nitrogens with zero attached hydrogens (tertiary/aromatic N) is 2. The molecular formula is C10H15BrN4. The third-order valence-corrected chi connectivity index (χ3v) is 3.27. The first-order valence-electron chi connectivity index (χ1n) is 5.22. The van der Waals surface area contributed by atoms with Gasteiger partial charge in [0, 0.05) is 25.0 Å². The van der Waals surface area contributed by atoms with Gasteiger partial charge in [-0.3, -0.25) is 0 Å². The predicted molar refractivity (Wildman–Crippen MR) is 63.5 cm³/mol. The fraction of sp³-hybridized carbons (Fsp3) is 0.600. The van der Waals surface area contributed by atoms with Gasteiger partial charge in [-0.05, 0) is 34.7 Å². The fourth-order valence-electron chi connectivity index (χ4n) is 1.94. The van der Waals surface area contributed by atoms with Crippen LogP contribution in [0.1, 0.15) is 19.3 Å². The fourth-order valence-corrected chi connectivity index (χ4v) is 2.15. The van der Waals surface area contributed by atoms with E-state index < -0.39 is 0 Å². The van der Waals surface area contributed by atoms with Crippen LogP contribution in [-0.4, -0.2) is 22.6 Å². The molecule has 2 rings (SSSR count). The maximum Gasteiger partial charge on any atom is 0.222 e. The molecule has 1 fully saturated rings. The Morgan fingerprint density at radius 2 is 2.13 bits per heavy atom. The van der Waals surface area contributed by atoms with Gasteiger partial charge in [-0.25, -0.2) is 9.97 Å². The second kappa shape index (κ2) is 4.90. The summed E-state index contributed by atoms with van der Waals surface area (Å²) in [5.74, 6) is 1.24. The Morgan fingerprint density at radius 1 is 1.40 bits per heavy atom. The minimum absolute atomic E-state index is 0.341. The number of hydrogen-bond donors (Lipinski definition) is 2. The van der Waals surface area contributed by atoms with Crippen LogP contribution in [0.4, 0.5) is 5.95 Å². The summed E-state index contributed by atoms with van der Waals surface area (Å²) in [6.45, 7) is 0.878. The van der Waals surface area contributed by atoms with Crippen molar-refractivity contribution in [3.63, 3.8) is 0 Å². The number of rotatable bonds is 3. The summed E-state index contributed by atoms with van der Waals surface area (Å²) in [5.41, 5.74) is 5.98. The van der Waals surface area contributed by atoms with E-state index in [1.807, 2.05) is 0 Å². The summed E-state index contributed by atoms with van der Waals surface area (Å²) >= 11 is 3.30. The zero-order chi connectivity index (χ0) is 10.7. The van der Waals surface area contributed by atoms with Crippen molar-refractivity contribution in [2.45, 2.75) is 25.3 Å². The van der Waals surface area contributed by atoms with Gasteiger partial charge in [-0.15, -0.1) is 0 Å². The van der Waals surface area contributed by atoms with E-state index in [-0.39, 0.29) is 0 Å². The monoisotopic (exact) mass is 270 g/mol. The molecule has 1 heterocycles. The van der Waals surface area contributed by atoms with E-state index in [9.17, 15) is 0 Å². The number of hydrogen-bond acceptors (Lipinski definition) is 4. The lowest BCUT2D eigenvalue weighted by Gasteiger charge is -2.15. The van der Waals surface area contributed by atoms with Crippen molar-refractivity contribution in [3.05, 3.63) is 16.9 Å². The van der Waals surface area contributed by atoms with Gasteiger partial charge in [0.25, 0.3) is 0 Å². The molecule has 1 aromatic rings. The lowest BCUT2D eigenvalue weighted by Crippen LogP contribution is -2.29. The summed E-state index contributed by atoms with van der Waals surface area (Å²) in [7, 11) is 0. The zero-order valence-electron chi connectivity index (χ0n) is 8.49. The average Bonchev–Trinajstić information content (AvgIpc) is 2.63. The van der Waals surface area contributed by atoms with E-state index in [1.165, 1.54) is 12.8 Å². The van der Waals surface area contributed by atoms with Crippen molar-refractivity contribution >= 4 is 21.9 Å². The Morgan fingerprint density at radius 3 is 2.73 bits per heavy atom. The quantitative estimate of drug-likeness (QED) is 0.879. The van der Waals surface area contributed by atoms with Gasteiger partial charge in [0.1, 0.15) is 0 Å². The summed E-state index contributed by atoms with van der Waals surface area (Å²) < 4.78 is 0.894. The van der Waals surface area contributed by atoms with Crippen molar-refractivity contribution in [2.75, 3.05) is 11.9 Å². The van der Waals surface area contributed by atoms with Crippen LogP contribution in [0.2, 0.25) is 0 Å². The van der Waals surface area contributed by atoms with E-state index in [0.29, 0.717) is 17.9 Å². The van der Waals surface area contributed by atoms with Gasteiger partial charge in [-0.1, -0.05) is 6.42 Å². The van der Waals surface area contributed by atoms with Crippen LogP contribution in [0.15, 0.2) is 16.9 Å². The minimum atomic E-state index is 0.341. The first-order chi connectivity index (χ1) is 7.25. The second-order valence-electron chi connectivity index (χ2n) is 3.96. The second-order valence-corrected chi connectivity index (χ2v) is 4.88. The summed E-state index contributed by atoms with van der Waals surface area (Å²) in [5, 5.41) is 3.22. The third-order valence-electron chi connectivity index (χ3n) is 2.86. The topological polar surface area (TPSA) is 63.8 Å². The lowest BCUT2D eigenvalue weighted by molar-refractivity contribution is 0.504. The van der Waals surface area contributed by atoms with Crippen molar-refractivity contribution in [2.24, 2.45) is 11.7 Å². The number of anilines is 1. The van der Waals surface area contributed by atoms with Crippen molar-refractivity contribution in [1.29, 1.82) is 0 Å². The van der Waals surface area contributed by atoms with Crippen LogP contribution in [0.25, 0.3) is 0 Å². The van der Waals surface area contributed by atoms with Gasteiger partial charge in [-0.2, -0.15) is 0 Å². The highest BCUT2D eigenvalue weighted by atomic mass is 79.9. The van der Waals surface area contributed by atoms with Crippen LogP contribution in [0.3, 0.4) is 0 Å². The molecule has 0 saturated heterocycles. The highest BCUT2D eigenvalue weighted by molar-refractivity contribution is 9.10. The van der Waals surface area contributed by atoms with Gasteiger partial charge < -0.3 is 11.1 Å². The first-order valence-corrected chi connectivity index (χ1v) is 6.02. The van der Waals surface area contributed by atoms with Crippen molar-refractivity contribution in [1.82, 2.24) is 9.97 Å².